The van der Waals surface area contributed by atoms with Crippen LogP contribution in [0.1, 0.15) is 34.1 Å². The SMILES string of the molecule is COC(=O)c1cn([C@H]2C[C@@H](C(=O)NCCc3cccc(Cl)c3)N(Cc3ccccc3F)C2)nn1. The van der Waals surface area contributed by atoms with Crippen molar-refractivity contribution in [2.45, 2.75) is 31.5 Å². The van der Waals surface area contributed by atoms with Gasteiger partial charge in [-0.3, -0.25) is 9.69 Å². The predicted molar refractivity (Wildman–Crippen MR) is 124 cm³/mol. The average Bonchev–Trinajstić information content (AvgIpc) is 3.48. The molecule has 3 aromatic rings. The van der Waals surface area contributed by atoms with Gasteiger partial charge in [0.2, 0.25) is 5.91 Å². The number of halogens is 2. The molecule has 1 N–H and O–H groups in total. The Kier molecular flexibility index (Phi) is 7.54. The summed E-state index contributed by atoms with van der Waals surface area (Å²) in [6.07, 6.45) is 2.60. The first-order chi connectivity index (χ1) is 16.4. The van der Waals surface area contributed by atoms with Crippen LogP contribution < -0.4 is 5.32 Å². The van der Waals surface area contributed by atoms with E-state index in [1.807, 2.05) is 23.1 Å². The lowest BCUT2D eigenvalue weighted by Crippen LogP contribution is -2.43. The molecule has 1 fully saturated rings. The third-order valence-electron chi connectivity index (χ3n) is 5.90. The van der Waals surface area contributed by atoms with Gasteiger partial charge in [0.1, 0.15) is 5.82 Å². The summed E-state index contributed by atoms with van der Waals surface area (Å²) in [5.74, 6) is -1.04. The van der Waals surface area contributed by atoms with Crippen LogP contribution in [0.5, 0.6) is 0 Å². The summed E-state index contributed by atoms with van der Waals surface area (Å²) < 4.78 is 20.6. The lowest BCUT2D eigenvalue weighted by Gasteiger charge is -2.23. The van der Waals surface area contributed by atoms with E-state index in [2.05, 4.69) is 15.6 Å². The van der Waals surface area contributed by atoms with Gasteiger partial charge in [0.05, 0.1) is 25.4 Å². The number of nitrogens with one attached hydrogen (secondary N) is 1. The lowest BCUT2D eigenvalue weighted by molar-refractivity contribution is -0.125. The number of amides is 1. The molecule has 2 heterocycles. The third kappa shape index (κ3) is 5.60. The van der Waals surface area contributed by atoms with Crippen LogP contribution in [0.15, 0.2) is 54.7 Å². The summed E-state index contributed by atoms with van der Waals surface area (Å²) in [5, 5.41) is 11.6. The van der Waals surface area contributed by atoms with Crippen LogP contribution in [0.2, 0.25) is 5.02 Å². The molecule has 0 aliphatic carbocycles. The molecule has 4 rings (SSSR count). The molecule has 2 atom stereocenters. The number of rotatable bonds is 8. The number of hydrogen-bond donors (Lipinski definition) is 1. The molecule has 8 nitrogen and oxygen atoms in total. The molecule has 2 aromatic carbocycles. The standard InChI is InChI=1S/C24H25ClFN5O3/c1-34-24(33)21-15-31(29-28-21)19-12-22(30(14-19)13-17-6-2-3-8-20(17)26)23(32)27-10-9-16-5-4-7-18(25)11-16/h2-8,11,15,19,22H,9-10,12-14H2,1H3,(H,27,32)/t19-,22-/m0/s1. The number of hydrogen-bond acceptors (Lipinski definition) is 6. The zero-order valence-corrected chi connectivity index (χ0v) is 19.4. The molecule has 1 aliphatic heterocycles. The van der Waals surface area contributed by atoms with Crippen molar-refractivity contribution >= 4 is 23.5 Å². The molecule has 0 bridgehead atoms. The molecule has 34 heavy (non-hydrogen) atoms. The van der Waals surface area contributed by atoms with Gasteiger partial charge in [-0.2, -0.15) is 0 Å². The molecule has 10 heteroatoms. The van der Waals surface area contributed by atoms with Crippen LogP contribution in [0.4, 0.5) is 4.39 Å². The van der Waals surface area contributed by atoms with E-state index in [0.29, 0.717) is 36.5 Å². The van der Waals surface area contributed by atoms with Crippen LogP contribution >= 0.6 is 11.6 Å². The Morgan fingerprint density at radius 1 is 1.24 bits per heavy atom. The first-order valence-corrected chi connectivity index (χ1v) is 11.3. The molecule has 0 unspecified atom stereocenters. The third-order valence-corrected chi connectivity index (χ3v) is 6.13. The van der Waals surface area contributed by atoms with E-state index in [4.69, 9.17) is 16.3 Å². The van der Waals surface area contributed by atoms with E-state index in [-0.39, 0.29) is 30.0 Å². The molecule has 0 radical (unpaired) electrons. The second kappa shape index (κ2) is 10.8. The molecule has 1 saturated heterocycles. The van der Waals surface area contributed by atoms with Crippen molar-refractivity contribution in [2.24, 2.45) is 0 Å². The van der Waals surface area contributed by atoms with Gasteiger partial charge in [0.15, 0.2) is 5.69 Å². The number of carbonyl (C=O) groups excluding carboxylic acids is 2. The average molecular weight is 486 g/mol. The highest BCUT2D eigenvalue weighted by Gasteiger charge is 2.38. The number of esters is 1. The van der Waals surface area contributed by atoms with Gasteiger partial charge in [-0.05, 0) is 36.6 Å². The Labute approximate surface area is 201 Å². The van der Waals surface area contributed by atoms with E-state index < -0.39 is 12.0 Å². The minimum atomic E-state index is -0.581. The minimum Gasteiger partial charge on any atom is -0.464 e. The van der Waals surface area contributed by atoms with E-state index in [9.17, 15) is 14.0 Å². The fourth-order valence-corrected chi connectivity index (χ4v) is 4.37. The number of aromatic nitrogens is 3. The fourth-order valence-electron chi connectivity index (χ4n) is 4.16. The van der Waals surface area contributed by atoms with Crippen LogP contribution in [0.25, 0.3) is 0 Å². The maximum absolute atomic E-state index is 14.3. The number of carbonyl (C=O) groups is 2. The number of methoxy groups -OCH3 is 1. The number of ether oxygens (including phenoxy) is 1. The van der Waals surface area contributed by atoms with Gasteiger partial charge in [0, 0.05) is 30.2 Å². The lowest BCUT2D eigenvalue weighted by atomic mass is 10.1. The van der Waals surface area contributed by atoms with Gasteiger partial charge >= 0.3 is 5.97 Å². The van der Waals surface area contributed by atoms with Crippen molar-refractivity contribution in [2.75, 3.05) is 20.2 Å². The molecule has 1 aromatic heterocycles. The summed E-state index contributed by atoms with van der Waals surface area (Å²) >= 11 is 6.04. The normalized spacial score (nSPS) is 18.1. The van der Waals surface area contributed by atoms with Crippen molar-refractivity contribution < 1.29 is 18.7 Å². The van der Waals surface area contributed by atoms with Crippen LogP contribution in [-0.2, 0) is 22.5 Å². The minimum absolute atomic E-state index is 0.0950. The Balaban J connectivity index is 1.47. The Morgan fingerprint density at radius 2 is 2.06 bits per heavy atom. The predicted octanol–water partition coefficient (Wildman–Crippen LogP) is 3.03. The van der Waals surface area contributed by atoms with E-state index in [0.717, 1.165) is 5.56 Å². The Morgan fingerprint density at radius 3 is 2.82 bits per heavy atom. The van der Waals surface area contributed by atoms with Crippen LogP contribution in [0.3, 0.4) is 0 Å². The molecular formula is C24H25ClFN5O3. The zero-order chi connectivity index (χ0) is 24.1. The number of nitrogens with zero attached hydrogens (tertiary/aromatic N) is 4. The number of likely N-dealkylation sites (tertiary alicyclic amines) is 1. The van der Waals surface area contributed by atoms with E-state index in [1.165, 1.54) is 19.4 Å². The number of benzene rings is 2. The Hall–Kier alpha value is -3.30. The van der Waals surface area contributed by atoms with Crippen molar-refractivity contribution in [1.82, 2.24) is 25.2 Å². The van der Waals surface area contributed by atoms with E-state index in [1.54, 1.807) is 28.9 Å². The second-order valence-electron chi connectivity index (χ2n) is 8.17. The van der Waals surface area contributed by atoms with Crippen molar-refractivity contribution in [3.63, 3.8) is 0 Å². The quantitative estimate of drug-likeness (QED) is 0.493. The highest BCUT2D eigenvalue weighted by atomic mass is 35.5. The molecule has 0 spiro atoms. The molecule has 178 valence electrons. The van der Waals surface area contributed by atoms with Crippen LogP contribution in [-0.4, -0.2) is 58.0 Å². The molecule has 1 aliphatic rings. The summed E-state index contributed by atoms with van der Waals surface area (Å²) in [6.45, 7) is 1.17. The summed E-state index contributed by atoms with van der Waals surface area (Å²) in [6, 6.07) is 13.3. The maximum atomic E-state index is 14.3. The van der Waals surface area contributed by atoms with E-state index >= 15 is 0 Å². The van der Waals surface area contributed by atoms with Gasteiger partial charge in [-0.25, -0.2) is 13.9 Å². The van der Waals surface area contributed by atoms with Crippen LogP contribution in [0, 0.1) is 5.82 Å². The first-order valence-electron chi connectivity index (χ1n) is 10.9. The topological polar surface area (TPSA) is 89.4 Å². The molecule has 1 amide bonds. The summed E-state index contributed by atoms with van der Waals surface area (Å²) in [7, 11) is 1.27. The van der Waals surface area contributed by atoms with Gasteiger partial charge in [-0.15, -0.1) is 5.10 Å². The monoisotopic (exact) mass is 485 g/mol. The smallest absolute Gasteiger partial charge is 0.360 e. The zero-order valence-electron chi connectivity index (χ0n) is 18.7. The molecular weight excluding hydrogens is 461 g/mol. The van der Waals surface area contributed by atoms with Crippen molar-refractivity contribution in [3.05, 3.63) is 82.4 Å². The summed E-state index contributed by atoms with van der Waals surface area (Å²) in [5.41, 5.74) is 1.63. The van der Waals surface area contributed by atoms with Gasteiger partial charge in [0.25, 0.3) is 0 Å². The maximum Gasteiger partial charge on any atom is 0.360 e. The second-order valence-corrected chi connectivity index (χ2v) is 8.61. The Bertz CT molecular complexity index is 1170. The first kappa shape index (κ1) is 23.8. The fraction of sp³-hybridized carbons (Fsp3) is 0.333. The largest absolute Gasteiger partial charge is 0.464 e. The summed E-state index contributed by atoms with van der Waals surface area (Å²) in [4.78, 5) is 26.8. The van der Waals surface area contributed by atoms with Crippen molar-refractivity contribution in [1.29, 1.82) is 0 Å². The highest BCUT2D eigenvalue weighted by Crippen LogP contribution is 2.29. The molecule has 0 saturated carbocycles. The van der Waals surface area contributed by atoms with Gasteiger partial charge < -0.3 is 10.1 Å². The van der Waals surface area contributed by atoms with Gasteiger partial charge in [-0.1, -0.05) is 47.1 Å². The van der Waals surface area contributed by atoms with Crippen molar-refractivity contribution in [3.8, 4) is 0 Å². The highest BCUT2D eigenvalue weighted by molar-refractivity contribution is 6.30.